The molecule has 0 spiro atoms. The summed E-state index contributed by atoms with van der Waals surface area (Å²) in [4.78, 5) is 11.7. The molecule has 0 radical (unpaired) electrons. The van der Waals surface area contributed by atoms with E-state index in [0.717, 1.165) is 12.0 Å². The van der Waals surface area contributed by atoms with E-state index < -0.39 is 4.92 Å². The fourth-order valence-corrected chi connectivity index (χ4v) is 1.12. The zero-order valence-corrected chi connectivity index (χ0v) is 8.40. The number of benzene rings is 1. The molecular formula is C9H8BrNO2. The Morgan fingerprint density at radius 1 is 1.38 bits per heavy atom. The molecule has 0 saturated carbocycles. The molecule has 0 bridgehead atoms. The minimum atomic E-state index is -0.399. The van der Waals surface area contributed by atoms with Crippen molar-refractivity contribution >= 4 is 21.6 Å². The molecular weight excluding hydrogens is 234 g/mol. The summed E-state index contributed by atoms with van der Waals surface area (Å²) in [6, 6.07) is 6.53. The zero-order valence-electron chi connectivity index (χ0n) is 6.81. The largest absolute Gasteiger partial charge is 0.269 e. The Hall–Kier alpha value is -1.16. The number of nitro groups is 1. The van der Waals surface area contributed by atoms with Gasteiger partial charge in [-0.2, -0.15) is 0 Å². The van der Waals surface area contributed by atoms with E-state index in [9.17, 15) is 10.1 Å². The van der Waals surface area contributed by atoms with Crippen molar-refractivity contribution in [3.8, 4) is 0 Å². The Kier molecular flexibility index (Phi) is 3.64. The first-order chi connectivity index (χ1) is 6.24. The number of non-ortho nitro benzene ring substituents is 1. The van der Waals surface area contributed by atoms with Gasteiger partial charge in [-0.25, -0.2) is 0 Å². The van der Waals surface area contributed by atoms with Crippen LogP contribution in [0.2, 0.25) is 0 Å². The minimum Gasteiger partial charge on any atom is -0.258 e. The SMILES string of the molecule is O=[N+]([O-])c1ccc(CC=CBr)cc1. The van der Waals surface area contributed by atoms with Crippen LogP contribution in [0.25, 0.3) is 0 Å². The van der Waals surface area contributed by atoms with Crippen LogP contribution in [0, 0.1) is 10.1 Å². The van der Waals surface area contributed by atoms with Crippen LogP contribution >= 0.6 is 15.9 Å². The third kappa shape index (κ3) is 2.99. The fraction of sp³-hybridized carbons (Fsp3) is 0.111. The van der Waals surface area contributed by atoms with E-state index in [1.54, 1.807) is 17.1 Å². The monoisotopic (exact) mass is 241 g/mol. The Morgan fingerprint density at radius 3 is 2.46 bits per heavy atom. The van der Waals surface area contributed by atoms with Gasteiger partial charge in [-0.15, -0.1) is 0 Å². The van der Waals surface area contributed by atoms with E-state index in [4.69, 9.17) is 0 Å². The Labute approximate surface area is 84.4 Å². The highest BCUT2D eigenvalue weighted by atomic mass is 79.9. The predicted molar refractivity (Wildman–Crippen MR) is 54.9 cm³/mol. The molecule has 1 aromatic rings. The number of nitrogens with zero attached hydrogens (tertiary/aromatic N) is 1. The first-order valence-electron chi connectivity index (χ1n) is 3.72. The van der Waals surface area contributed by atoms with Crippen molar-refractivity contribution in [2.24, 2.45) is 0 Å². The van der Waals surface area contributed by atoms with Crippen molar-refractivity contribution in [3.63, 3.8) is 0 Å². The maximum atomic E-state index is 10.3. The van der Waals surface area contributed by atoms with Gasteiger partial charge >= 0.3 is 0 Å². The number of hydrogen-bond donors (Lipinski definition) is 0. The van der Waals surface area contributed by atoms with Crippen molar-refractivity contribution in [1.82, 2.24) is 0 Å². The summed E-state index contributed by atoms with van der Waals surface area (Å²) < 4.78 is 0. The summed E-state index contributed by atoms with van der Waals surface area (Å²) in [7, 11) is 0. The van der Waals surface area contributed by atoms with Gasteiger partial charge in [0.15, 0.2) is 0 Å². The van der Waals surface area contributed by atoms with E-state index >= 15 is 0 Å². The van der Waals surface area contributed by atoms with Crippen LogP contribution in [-0.2, 0) is 6.42 Å². The van der Waals surface area contributed by atoms with Crippen molar-refractivity contribution < 1.29 is 4.92 Å². The highest BCUT2D eigenvalue weighted by Crippen LogP contribution is 2.12. The third-order valence-corrected chi connectivity index (χ3v) is 1.96. The summed E-state index contributed by atoms with van der Waals surface area (Å²) in [5.74, 6) is 0. The molecule has 13 heavy (non-hydrogen) atoms. The molecule has 1 rings (SSSR count). The van der Waals surface area contributed by atoms with Gasteiger partial charge in [-0.1, -0.05) is 34.1 Å². The van der Waals surface area contributed by atoms with Gasteiger partial charge in [0.1, 0.15) is 0 Å². The van der Waals surface area contributed by atoms with Crippen LogP contribution in [0.15, 0.2) is 35.3 Å². The van der Waals surface area contributed by atoms with Crippen LogP contribution < -0.4 is 0 Å². The Balaban J connectivity index is 2.75. The van der Waals surface area contributed by atoms with Gasteiger partial charge in [0.25, 0.3) is 5.69 Å². The van der Waals surface area contributed by atoms with Gasteiger partial charge in [0.2, 0.25) is 0 Å². The van der Waals surface area contributed by atoms with E-state index in [1.807, 2.05) is 6.08 Å². The molecule has 0 aromatic heterocycles. The first kappa shape index (κ1) is 9.92. The Bertz CT molecular complexity index is 319. The highest BCUT2D eigenvalue weighted by molar-refractivity contribution is 9.11. The quantitative estimate of drug-likeness (QED) is 0.603. The topological polar surface area (TPSA) is 43.1 Å². The number of allylic oxidation sites excluding steroid dienone is 1. The number of halogens is 1. The fourth-order valence-electron chi connectivity index (χ4n) is 0.934. The van der Waals surface area contributed by atoms with Crippen molar-refractivity contribution in [2.75, 3.05) is 0 Å². The van der Waals surface area contributed by atoms with E-state index in [2.05, 4.69) is 15.9 Å². The third-order valence-electron chi connectivity index (χ3n) is 1.59. The molecule has 0 N–H and O–H groups in total. The minimum absolute atomic E-state index is 0.131. The normalized spacial score (nSPS) is 10.5. The number of hydrogen-bond acceptors (Lipinski definition) is 2. The molecule has 0 heterocycles. The Morgan fingerprint density at radius 2 is 2.00 bits per heavy atom. The molecule has 0 unspecified atom stereocenters. The summed E-state index contributed by atoms with van der Waals surface area (Å²) >= 11 is 3.16. The van der Waals surface area contributed by atoms with E-state index in [1.165, 1.54) is 12.1 Å². The zero-order chi connectivity index (χ0) is 9.68. The molecule has 0 atom stereocenters. The van der Waals surface area contributed by atoms with Crippen LogP contribution in [0.3, 0.4) is 0 Å². The standard InChI is InChI=1S/C9H8BrNO2/c10-7-1-2-8-3-5-9(6-4-8)11(12)13/h1,3-7H,2H2. The maximum Gasteiger partial charge on any atom is 0.269 e. The van der Waals surface area contributed by atoms with E-state index in [0.29, 0.717) is 0 Å². The lowest BCUT2D eigenvalue weighted by atomic mass is 10.1. The average Bonchev–Trinajstić information content (AvgIpc) is 2.15. The lowest BCUT2D eigenvalue weighted by Crippen LogP contribution is -1.88. The first-order valence-corrected chi connectivity index (χ1v) is 4.64. The van der Waals surface area contributed by atoms with Crippen LogP contribution in [0.4, 0.5) is 5.69 Å². The van der Waals surface area contributed by atoms with Gasteiger partial charge < -0.3 is 0 Å². The van der Waals surface area contributed by atoms with E-state index in [-0.39, 0.29) is 5.69 Å². The molecule has 0 aliphatic carbocycles. The molecule has 0 amide bonds. The maximum absolute atomic E-state index is 10.3. The molecule has 1 aromatic carbocycles. The van der Waals surface area contributed by atoms with Gasteiger partial charge in [0.05, 0.1) is 4.92 Å². The van der Waals surface area contributed by atoms with Gasteiger partial charge in [0, 0.05) is 12.1 Å². The van der Waals surface area contributed by atoms with Crippen LogP contribution in [0.1, 0.15) is 5.56 Å². The van der Waals surface area contributed by atoms with Crippen LogP contribution in [-0.4, -0.2) is 4.92 Å². The molecule has 0 saturated heterocycles. The second kappa shape index (κ2) is 4.77. The van der Waals surface area contributed by atoms with Crippen LogP contribution in [0.5, 0.6) is 0 Å². The van der Waals surface area contributed by atoms with Crippen molar-refractivity contribution in [1.29, 1.82) is 0 Å². The molecule has 0 fully saturated rings. The van der Waals surface area contributed by atoms with Gasteiger partial charge in [-0.3, -0.25) is 10.1 Å². The van der Waals surface area contributed by atoms with Crippen molar-refractivity contribution in [3.05, 3.63) is 51.0 Å². The second-order valence-corrected chi connectivity index (χ2v) is 3.02. The molecule has 3 nitrogen and oxygen atoms in total. The summed E-state index contributed by atoms with van der Waals surface area (Å²) in [5, 5.41) is 10.3. The lowest BCUT2D eigenvalue weighted by Gasteiger charge is -1.94. The number of nitro benzene ring substituents is 1. The molecule has 0 aliphatic rings. The molecule has 68 valence electrons. The predicted octanol–water partition coefficient (Wildman–Crippen LogP) is 3.05. The highest BCUT2D eigenvalue weighted by Gasteiger charge is 2.02. The molecule has 4 heteroatoms. The second-order valence-electron chi connectivity index (χ2n) is 2.49. The molecule has 0 aliphatic heterocycles. The average molecular weight is 242 g/mol. The summed E-state index contributed by atoms with van der Waals surface area (Å²) in [6.45, 7) is 0. The lowest BCUT2D eigenvalue weighted by molar-refractivity contribution is -0.384. The van der Waals surface area contributed by atoms with Gasteiger partial charge in [-0.05, 0) is 17.0 Å². The summed E-state index contributed by atoms with van der Waals surface area (Å²) in [5.41, 5.74) is 1.19. The van der Waals surface area contributed by atoms with Crippen molar-refractivity contribution in [2.45, 2.75) is 6.42 Å². The number of rotatable bonds is 3. The smallest absolute Gasteiger partial charge is 0.258 e. The summed E-state index contributed by atoms with van der Waals surface area (Å²) in [6.07, 6.45) is 2.71.